The van der Waals surface area contributed by atoms with E-state index < -0.39 is 189 Å². The first-order valence-electron chi connectivity index (χ1n) is 41.7. The molecule has 3 aromatic carbocycles. The van der Waals surface area contributed by atoms with Gasteiger partial charge in [0.05, 0.1) is 82.6 Å². The van der Waals surface area contributed by atoms with E-state index in [1.807, 2.05) is 111 Å². The van der Waals surface area contributed by atoms with Gasteiger partial charge in [-0.2, -0.15) is 0 Å². The van der Waals surface area contributed by atoms with Crippen molar-refractivity contribution in [1.82, 2.24) is 0 Å². The van der Waals surface area contributed by atoms with Crippen molar-refractivity contribution in [2.75, 3.05) is 13.2 Å². The van der Waals surface area contributed by atoms with Gasteiger partial charge < -0.3 is 77.3 Å². The number of esters is 6. The van der Waals surface area contributed by atoms with Crippen molar-refractivity contribution in [2.45, 2.75) is 305 Å². The third-order valence-corrected chi connectivity index (χ3v) is 28.0. The lowest BCUT2D eigenvalue weighted by molar-refractivity contribution is -0.399. The average molecular weight is 1600 g/mol. The smallest absolute Gasteiger partial charge is 0.338 e. The van der Waals surface area contributed by atoms with Crippen LogP contribution < -0.4 is 0 Å². The quantitative estimate of drug-likeness (QED) is 0.0390. The van der Waals surface area contributed by atoms with Crippen LogP contribution in [0.15, 0.2) is 137 Å². The standard InChI is InChI=1S/C48H68O11.C45H58O11/c1-26(2)17-16-18-28(5)22-37-56-35-23-36-48(25-54-36,59-32(9)49)40-42(58-43(51)33-19-14-13-15-20-33)47(45(10,11)53)24-34(55-44(52)39(50)29(6)21-27(3)4)30(7)38(47)31(8)41(57-37)46(35,40)12;1-24(2)20-25(3)35(47)40(49)52-31-22-44(42(7,8)50)34(26(31)4)27(5)37-43(9)32(53-41(55-37)30-18-14-11-15-19-30)21-33-45(23-51-33,56-28(6)46)36(43)38(44)54-39(48)29-16-12-10-13-17-29/h13-15,17,19-20,22,27,29,31,34-37,39-42,50,53H,16,18,21,23-25H2,1-12H3;10-19,24-25,27,31-33,35-38,41,47,50H,20-23H2,1-9H3/t29-,31-,34-,35-,36+,37-,39+,40-,41-,42-,46+,47-,48-;25-,27-,31-,32-,33+,35+,36-,37-,38-,41-,43+,44-,45-/m00/s1. The average Bonchev–Trinajstić information content (AvgIpc) is 1.57. The summed E-state index contributed by atoms with van der Waals surface area (Å²) in [5.41, 5.74) is -3.97. The van der Waals surface area contributed by atoms with E-state index in [-0.39, 0.29) is 49.7 Å². The molecule has 4 heterocycles. The van der Waals surface area contributed by atoms with E-state index in [0.29, 0.717) is 48.0 Å². The highest BCUT2D eigenvalue weighted by Crippen LogP contribution is 2.74. The van der Waals surface area contributed by atoms with E-state index in [0.717, 1.165) is 35.1 Å². The lowest BCUT2D eigenvalue weighted by Crippen LogP contribution is -2.80. The molecule has 10 aliphatic rings. The molecule has 26 atom stereocenters. The zero-order chi connectivity index (χ0) is 83.9. The second kappa shape index (κ2) is 33.0. The van der Waals surface area contributed by atoms with E-state index in [4.69, 9.17) is 56.8 Å². The number of carbonyl (C=O) groups is 6. The van der Waals surface area contributed by atoms with E-state index in [2.05, 4.69) is 47.6 Å². The summed E-state index contributed by atoms with van der Waals surface area (Å²) in [4.78, 5) is 83.1. The van der Waals surface area contributed by atoms with Gasteiger partial charge in [0.25, 0.3) is 0 Å². The molecule has 0 radical (unpaired) electrons. The van der Waals surface area contributed by atoms with Gasteiger partial charge in [-0.05, 0) is 164 Å². The molecule has 4 saturated carbocycles. The van der Waals surface area contributed by atoms with Crippen molar-refractivity contribution in [1.29, 1.82) is 0 Å². The summed E-state index contributed by atoms with van der Waals surface area (Å²) < 4.78 is 79.9. The molecule has 0 amide bonds. The maximum absolute atomic E-state index is 14.6. The van der Waals surface area contributed by atoms with Crippen LogP contribution in [0, 0.1) is 69.0 Å². The van der Waals surface area contributed by atoms with Crippen LogP contribution >= 0.6 is 0 Å². The van der Waals surface area contributed by atoms with Crippen LogP contribution in [0.4, 0.5) is 0 Å². The second-order valence-corrected chi connectivity index (χ2v) is 37.7. The number of aliphatic hydroxyl groups excluding tert-OH is 2. The largest absolute Gasteiger partial charge is 0.457 e. The van der Waals surface area contributed by atoms with Gasteiger partial charge in [-0.15, -0.1) is 0 Å². The summed E-state index contributed by atoms with van der Waals surface area (Å²) in [6.07, 6.45) is -3.86. The van der Waals surface area contributed by atoms with Gasteiger partial charge in [0.15, 0.2) is 36.0 Å². The Hall–Kier alpha value is -6.96. The molecule has 115 heavy (non-hydrogen) atoms. The maximum Gasteiger partial charge on any atom is 0.338 e. The molecule has 4 N–H and O–H groups in total. The fourth-order valence-electron chi connectivity index (χ4n) is 23.0. The van der Waals surface area contributed by atoms with E-state index >= 15 is 0 Å². The van der Waals surface area contributed by atoms with Crippen LogP contribution in [0.5, 0.6) is 0 Å². The first-order chi connectivity index (χ1) is 53.9. The molecule has 4 aliphatic heterocycles. The maximum atomic E-state index is 14.6. The van der Waals surface area contributed by atoms with Crippen LogP contribution in [-0.2, 0) is 76.0 Å². The summed E-state index contributed by atoms with van der Waals surface area (Å²) in [6.45, 7) is 39.6. The van der Waals surface area contributed by atoms with Crippen molar-refractivity contribution in [2.24, 2.45) is 69.0 Å². The first kappa shape index (κ1) is 87.4. The number of fused-ring (bicyclic) bond motifs is 6. The lowest BCUT2D eigenvalue weighted by atomic mass is 9.49. The SMILES string of the molecule is CC(=O)O[C@@]12CO[C@@H]1C[C@@H]1O[C@H](C=C(C)CCC=C(C)C)O[C@H]3[C@@H](C)C4=C(C)[C@@H](OC(=O)[C@H](O)[C@@H](C)CC(C)C)C[C@@]4(C(C)(C)O)[C@@H](OC(=O)c4ccccc4)[C@H]2[C@@]13C.CC(=O)O[C@@]12CO[C@@H]1C[C@@H]1O[C@H](c3ccccc3)O[C@H]3[C@@H](C)C4=C(C)[C@@H](OC(=O)[C@H](O)[C@@H](C)CC(C)C)C[C@@]4(C(C)(C)O)[C@@H](OC(=O)c4ccccc4)[C@H]2[C@@]13C. The number of rotatable bonds is 23. The Morgan fingerprint density at radius 2 is 0.930 bits per heavy atom. The van der Waals surface area contributed by atoms with Gasteiger partial charge in [0.2, 0.25) is 0 Å². The minimum absolute atomic E-state index is 0.0282. The molecule has 8 fully saturated rings. The summed E-state index contributed by atoms with van der Waals surface area (Å²) in [7, 11) is 0. The molecule has 13 rings (SSSR count). The fraction of sp³-hybridized carbons (Fsp3) is 0.656. The van der Waals surface area contributed by atoms with Crippen molar-refractivity contribution in [3.8, 4) is 0 Å². The number of hydrogen-bond acceptors (Lipinski definition) is 22. The molecule has 22 nitrogen and oxygen atoms in total. The molecule has 0 unspecified atom stereocenters. The van der Waals surface area contributed by atoms with Gasteiger partial charge in [-0.25, -0.2) is 19.2 Å². The van der Waals surface area contributed by atoms with Crippen molar-refractivity contribution in [3.63, 3.8) is 0 Å². The highest BCUT2D eigenvalue weighted by Gasteiger charge is 2.83. The van der Waals surface area contributed by atoms with Crippen molar-refractivity contribution in [3.05, 3.63) is 153 Å². The Kier molecular flexibility index (Phi) is 25.1. The van der Waals surface area contributed by atoms with Crippen molar-refractivity contribution < 1.29 is 106 Å². The molecule has 3 aromatic rings. The number of carbonyl (C=O) groups excluding carboxylic acids is 6. The number of aliphatic hydroxyl groups is 4. The highest BCUT2D eigenvalue weighted by molar-refractivity contribution is 5.90. The minimum atomic E-state index is -1.63. The number of hydrogen-bond donors (Lipinski definition) is 4. The normalized spacial score (nSPS) is 36.7. The number of benzene rings is 3. The third kappa shape index (κ3) is 15.4. The van der Waals surface area contributed by atoms with Gasteiger partial charge in [0.1, 0.15) is 36.6 Å². The van der Waals surface area contributed by atoms with Crippen molar-refractivity contribution >= 4 is 35.8 Å². The van der Waals surface area contributed by atoms with Gasteiger partial charge in [-0.3, -0.25) is 9.59 Å². The number of allylic oxidation sites excluding steroid dienone is 3. The Morgan fingerprint density at radius 3 is 1.30 bits per heavy atom. The molecule has 630 valence electrons. The Morgan fingerprint density at radius 1 is 0.539 bits per heavy atom. The fourth-order valence-corrected chi connectivity index (χ4v) is 23.0. The molecule has 0 aromatic heterocycles. The zero-order valence-electron chi connectivity index (χ0n) is 71.2. The predicted octanol–water partition coefficient (Wildman–Crippen LogP) is 14.3. The lowest BCUT2D eigenvalue weighted by Gasteiger charge is -2.67. The Balaban J connectivity index is 0.000000213. The summed E-state index contributed by atoms with van der Waals surface area (Å²) in [6, 6.07) is 27.0. The first-order valence-corrected chi connectivity index (χ1v) is 41.7. The minimum Gasteiger partial charge on any atom is -0.457 e. The predicted molar refractivity (Wildman–Crippen MR) is 427 cm³/mol. The summed E-state index contributed by atoms with van der Waals surface area (Å²) in [5, 5.41) is 48.1. The number of ether oxygens (including phenoxy) is 12. The van der Waals surface area contributed by atoms with Crippen LogP contribution in [0.25, 0.3) is 0 Å². The van der Waals surface area contributed by atoms with Crippen LogP contribution in [0.1, 0.15) is 229 Å². The monoisotopic (exact) mass is 1590 g/mol. The van der Waals surface area contributed by atoms with Crippen LogP contribution in [0.3, 0.4) is 0 Å². The van der Waals surface area contributed by atoms with Gasteiger partial charge in [-0.1, -0.05) is 153 Å². The molecule has 0 spiro atoms. The zero-order valence-corrected chi connectivity index (χ0v) is 71.2. The Bertz CT molecular complexity index is 4210. The molecule has 22 heteroatoms. The summed E-state index contributed by atoms with van der Waals surface area (Å²) in [5.74, 6) is -6.57. The second-order valence-electron chi connectivity index (χ2n) is 37.7. The van der Waals surface area contributed by atoms with E-state index in [1.165, 1.54) is 19.4 Å². The van der Waals surface area contributed by atoms with Crippen LogP contribution in [0.2, 0.25) is 0 Å². The van der Waals surface area contributed by atoms with Crippen LogP contribution in [-0.4, -0.2) is 171 Å². The van der Waals surface area contributed by atoms with E-state index in [1.54, 1.807) is 76.2 Å². The van der Waals surface area contributed by atoms with E-state index in [9.17, 15) is 49.2 Å². The molecular weight excluding hydrogens is 1470 g/mol. The molecular formula is C93H126O22. The van der Waals surface area contributed by atoms with Gasteiger partial charge >= 0.3 is 35.8 Å². The summed E-state index contributed by atoms with van der Waals surface area (Å²) >= 11 is 0. The topological polar surface area (TPSA) is 294 Å². The molecule has 6 aliphatic carbocycles. The third-order valence-electron chi connectivity index (χ3n) is 28.0. The molecule has 4 saturated heterocycles. The highest BCUT2D eigenvalue weighted by atomic mass is 16.7. The van der Waals surface area contributed by atoms with Gasteiger partial charge in [0, 0.05) is 67.8 Å². The Labute approximate surface area is 679 Å². The molecule has 0 bridgehead atoms.